The van der Waals surface area contributed by atoms with Crippen LogP contribution in [0.1, 0.15) is 24.6 Å². The topological polar surface area (TPSA) is 114 Å². The first-order chi connectivity index (χ1) is 10.6. The average molecular weight is 327 g/mol. The molecule has 0 saturated carbocycles. The summed E-state index contributed by atoms with van der Waals surface area (Å²) >= 11 is 1.60. The first-order valence-corrected chi connectivity index (χ1v) is 8.56. The van der Waals surface area contributed by atoms with Gasteiger partial charge in [-0.1, -0.05) is 5.16 Å². The van der Waals surface area contributed by atoms with E-state index in [1.807, 2.05) is 11.2 Å². The van der Waals surface area contributed by atoms with E-state index >= 15 is 0 Å². The third kappa shape index (κ3) is 4.99. The molecule has 2 heterocycles. The molecule has 22 heavy (non-hydrogen) atoms. The number of hydrogen-bond acceptors (Lipinski definition) is 7. The summed E-state index contributed by atoms with van der Waals surface area (Å²) in [6.07, 6.45) is 3.64. The predicted octanol–water partition coefficient (Wildman–Crippen LogP) is -0.254. The molecule has 122 valence electrons. The molecular formula is C13H21N5O3S. The summed E-state index contributed by atoms with van der Waals surface area (Å²) in [5.41, 5.74) is 5.20. The third-order valence-corrected chi connectivity index (χ3v) is 4.00. The quantitative estimate of drug-likeness (QED) is 0.709. The van der Waals surface area contributed by atoms with Crippen LogP contribution in [0.3, 0.4) is 0 Å². The number of hydrogen-bond donors (Lipinski definition) is 2. The lowest BCUT2D eigenvalue weighted by molar-refractivity contribution is -0.128. The van der Waals surface area contributed by atoms with Crippen molar-refractivity contribution in [3.63, 3.8) is 0 Å². The van der Waals surface area contributed by atoms with Crippen molar-refractivity contribution in [1.82, 2.24) is 20.4 Å². The van der Waals surface area contributed by atoms with Gasteiger partial charge in [-0.3, -0.25) is 14.5 Å². The van der Waals surface area contributed by atoms with E-state index in [0.717, 1.165) is 19.4 Å². The molecule has 0 aromatic carbocycles. The van der Waals surface area contributed by atoms with E-state index < -0.39 is 0 Å². The Hall–Kier alpha value is -1.61. The van der Waals surface area contributed by atoms with Gasteiger partial charge in [0.15, 0.2) is 5.82 Å². The fourth-order valence-corrected chi connectivity index (χ4v) is 2.87. The van der Waals surface area contributed by atoms with E-state index in [1.165, 1.54) is 0 Å². The zero-order chi connectivity index (χ0) is 15.9. The smallest absolute Gasteiger partial charge is 0.246 e. The number of thioether (sulfide) groups is 1. The number of amides is 2. The Balaban J connectivity index is 1.79. The molecule has 1 fully saturated rings. The fraction of sp³-hybridized carbons (Fsp3) is 0.692. The highest BCUT2D eigenvalue weighted by Crippen LogP contribution is 2.16. The van der Waals surface area contributed by atoms with Crippen LogP contribution in [-0.2, 0) is 21.9 Å². The van der Waals surface area contributed by atoms with Gasteiger partial charge in [0.2, 0.25) is 17.7 Å². The second kappa shape index (κ2) is 8.14. The van der Waals surface area contributed by atoms with E-state index in [4.69, 9.17) is 10.3 Å². The molecule has 0 aliphatic carbocycles. The van der Waals surface area contributed by atoms with E-state index in [-0.39, 0.29) is 30.8 Å². The summed E-state index contributed by atoms with van der Waals surface area (Å²) in [5.74, 6) is 1.15. The number of likely N-dealkylation sites (tertiary alicyclic amines) is 1. The second-order valence-electron chi connectivity index (χ2n) is 5.30. The summed E-state index contributed by atoms with van der Waals surface area (Å²) in [6.45, 7) is 1.78. The molecule has 1 atom stereocenters. The van der Waals surface area contributed by atoms with Crippen molar-refractivity contribution in [2.45, 2.75) is 25.1 Å². The van der Waals surface area contributed by atoms with Crippen molar-refractivity contribution in [3.05, 3.63) is 11.7 Å². The van der Waals surface area contributed by atoms with Gasteiger partial charge >= 0.3 is 0 Å². The van der Waals surface area contributed by atoms with Crippen molar-refractivity contribution < 1.29 is 14.1 Å². The number of nitrogens with two attached hydrogens (primary N) is 1. The summed E-state index contributed by atoms with van der Waals surface area (Å²) in [4.78, 5) is 29.3. The van der Waals surface area contributed by atoms with Gasteiger partial charge in [0.25, 0.3) is 0 Å². The second-order valence-corrected chi connectivity index (χ2v) is 6.16. The molecular weight excluding hydrogens is 306 g/mol. The molecule has 1 aromatic heterocycles. The highest BCUT2D eigenvalue weighted by atomic mass is 32.2. The summed E-state index contributed by atoms with van der Waals surface area (Å²) in [7, 11) is 0. The first kappa shape index (κ1) is 16.8. The molecule has 0 spiro atoms. The lowest BCUT2D eigenvalue weighted by Crippen LogP contribution is -2.45. The van der Waals surface area contributed by atoms with Crippen molar-refractivity contribution in [2.75, 3.05) is 25.9 Å². The lowest BCUT2D eigenvalue weighted by atomic mass is 9.97. The number of rotatable bonds is 7. The van der Waals surface area contributed by atoms with Crippen molar-refractivity contribution in [2.24, 2.45) is 11.7 Å². The Labute approximate surface area is 133 Å². The molecule has 2 rings (SSSR count). The normalized spacial score (nSPS) is 19.0. The molecule has 0 radical (unpaired) electrons. The molecule has 9 heteroatoms. The maximum absolute atomic E-state index is 12.2. The molecule has 1 aromatic rings. The number of nitrogens with one attached hydrogen (secondary N) is 1. The van der Waals surface area contributed by atoms with Crippen LogP contribution in [0.15, 0.2) is 4.52 Å². The number of nitrogens with zero attached hydrogens (tertiary/aromatic N) is 3. The SMILES string of the molecule is CSCc1noc(CNC(=O)C2CCCN(CC(N)=O)C2)n1. The van der Waals surface area contributed by atoms with Crippen LogP contribution in [0, 0.1) is 5.92 Å². The number of primary amides is 1. The molecule has 1 unspecified atom stereocenters. The average Bonchev–Trinajstić information content (AvgIpc) is 2.92. The number of carbonyl (C=O) groups excluding carboxylic acids is 2. The van der Waals surface area contributed by atoms with Crippen LogP contribution in [0.5, 0.6) is 0 Å². The maximum Gasteiger partial charge on any atom is 0.246 e. The minimum absolute atomic E-state index is 0.0567. The molecule has 2 amide bonds. The van der Waals surface area contributed by atoms with Gasteiger partial charge in [-0.2, -0.15) is 16.7 Å². The van der Waals surface area contributed by atoms with Gasteiger partial charge in [0.1, 0.15) is 0 Å². The fourth-order valence-electron chi connectivity index (χ4n) is 2.49. The van der Waals surface area contributed by atoms with E-state index in [1.54, 1.807) is 11.8 Å². The van der Waals surface area contributed by atoms with Crippen molar-refractivity contribution in [1.29, 1.82) is 0 Å². The Kier molecular flexibility index (Phi) is 6.20. The molecule has 1 aliphatic rings. The van der Waals surface area contributed by atoms with Crippen LogP contribution in [0.2, 0.25) is 0 Å². The van der Waals surface area contributed by atoms with E-state index in [0.29, 0.717) is 24.0 Å². The van der Waals surface area contributed by atoms with Crippen molar-refractivity contribution >= 4 is 23.6 Å². The lowest BCUT2D eigenvalue weighted by Gasteiger charge is -2.30. The van der Waals surface area contributed by atoms with E-state index in [9.17, 15) is 9.59 Å². The molecule has 0 bridgehead atoms. The van der Waals surface area contributed by atoms with Crippen LogP contribution in [-0.4, -0.2) is 52.7 Å². The highest BCUT2D eigenvalue weighted by molar-refractivity contribution is 7.97. The molecule has 1 saturated heterocycles. The molecule has 1 aliphatic heterocycles. The Morgan fingerprint density at radius 1 is 1.55 bits per heavy atom. The number of aromatic nitrogens is 2. The summed E-state index contributed by atoms with van der Waals surface area (Å²) in [5, 5.41) is 6.64. The van der Waals surface area contributed by atoms with Gasteiger partial charge < -0.3 is 15.6 Å². The van der Waals surface area contributed by atoms with Crippen molar-refractivity contribution in [3.8, 4) is 0 Å². The minimum Gasteiger partial charge on any atom is -0.369 e. The van der Waals surface area contributed by atoms with E-state index in [2.05, 4.69) is 15.5 Å². The third-order valence-electron chi connectivity index (χ3n) is 3.45. The highest BCUT2D eigenvalue weighted by Gasteiger charge is 2.26. The predicted molar refractivity (Wildman–Crippen MR) is 81.7 cm³/mol. The summed E-state index contributed by atoms with van der Waals surface area (Å²) < 4.78 is 5.07. The van der Waals surface area contributed by atoms with Gasteiger partial charge in [0, 0.05) is 6.54 Å². The Morgan fingerprint density at radius 3 is 3.09 bits per heavy atom. The van der Waals surface area contributed by atoms with Gasteiger partial charge in [-0.05, 0) is 25.6 Å². The van der Waals surface area contributed by atoms with Gasteiger partial charge in [0.05, 0.1) is 24.8 Å². The van der Waals surface area contributed by atoms with Crippen LogP contribution in [0.25, 0.3) is 0 Å². The standard InChI is InChI=1S/C13H21N5O3S/c1-22-8-11-16-12(21-17-11)5-15-13(20)9-3-2-4-18(6-9)7-10(14)19/h9H,2-8H2,1H3,(H2,14,19)(H,15,20). The molecule has 3 N–H and O–H groups in total. The minimum atomic E-state index is -0.367. The van der Waals surface area contributed by atoms with Gasteiger partial charge in [-0.15, -0.1) is 0 Å². The maximum atomic E-state index is 12.2. The first-order valence-electron chi connectivity index (χ1n) is 7.17. The Bertz CT molecular complexity index is 522. The van der Waals surface area contributed by atoms with Crippen LogP contribution >= 0.6 is 11.8 Å². The monoisotopic (exact) mass is 327 g/mol. The summed E-state index contributed by atoms with van der Waals surface area (Å²) in [6, 6.07) is 0. The Morgan fingerprint density at radius 2 is 2.36 bits per heavy atom. The van der Waals surface area contributed by atoms with Crippen LogP contribution < -0.4 is 11.1 Å². The number of carbonyl (C=O) groups is 2. The van der Waals surface area contributed by atoms with Crippen LogP contribution in [0.4, 0.5) is 0 Å². The largest absolute Gasteiger partial charge is 0.369 e. The zero-order valence-corrected chi connectivity index (χ0v) is 13.4. The number of piperidine rings is 1. The van der Waals surface area contributed by atoms with Gasteiger partial charge in [-0.25, -0.2) is 0 Å². The molecule has 8 nitrogen and oxygen atoms in total. The zero-order valence-electron chi connectivity index (χ0n) is 12.6.